The van der Waals surface area contributed by atoms with Crippen LogP contribution in [-0.2, 0) is 0 Å². The number of hydrogen-bond acceptors (Lipinski definition) is 1. The molecule has 0 aromatic heterocycles. The van der Waals surface area contributed by atoms with Gasteiger partial charge in [-0.15, -0.1) is 0 Å². The predicted octanol–water partition coefficient (Wildman–Crippen LogP) is 2.41. The first-order valence-electron chi connectivity index (χ1n) is 4.81. The summed E-state index contributed by atoms with van der Waals surface area (Å²) in [5, 5.41) is 0. The average molecular weight is 155 g/mol. The quantitative estimate of drug-likeness (QED) is 0.665. The Kier molecular flexibility index (Phi) is 2.29. The fourth-order valence-corrected chi connectivity index (χ4v) is 2.42. The van der Waals surface area contributed by atoms with Crippen LogP contribution in [0.2, 0.25) is 0 Å². The van der Waals surface area contributed by atoms with E-state index in [0.29, 0.717) is 11.5 Å². The molecule has 2 N–H and O–H groups in total. The Morgan fingerprint density at radius 3 is 1.73 bits per heavy atom. The summed E-state index contributed by atoms with van der Waals surface area (Å²) in [6, 6.07) is 0.465. The normalized spacial score (nSPS) is 34.4. The minimum absolute atomic E-state index is 0.427. The largest absolute Gasteiger partial charge is 0.327 e. The third-order valence-corrected chi connectivity index (χ3v) is 3.55. The molecule has 0 bridgehead atoms. The van der Waals surface area contributed by atoms with Crippen LogP contribution in [0.4, 0.5) is 0 Å². The lowest BCUT2D eigenvalue weighted by Crippen LogP contribution is -2.09. The third-order valence-electron chi connectivity index (χ3n) is 3.55. The average Bonchev–Trinajstić information content (AvgIpc) is 2.41. The maximum Gasteiger partial charge on any atom is 0.0130 e. The molecule has 1 aliphatic rings. The summed E-state index contributed by atoms with van der Waals surface area (Å²) in [7, 11) is 0. The second kappa shape index (κ2) is 2.78. The first-order valence-corrected chi connectivity index (χ1v) is 4.81. The molecule has 0 aromatic rings. The predicted molar refractivity (Wildman–Crippen MR) is 49.3 cm³/mol. The number of hydrogen-bond donors (Lipinski definition) is 1. The van der Waals surface area contributed by atoms with Gasteiger partial charge in [-0.1, -0.05) is 40.5 Å². The van der Waals surface area contributed by atoms with Crippen molar-refractivity contribution >= 4 is 0 Å². The summed E-state index contributed by atoms with van der Waals surface area (Å²) in [6.45, 7) is 9.13. The molecule has 1 aliphatic carbocycles. The topological polar surface area (TPSA) is 26.0 Å². The van der Waals surface area contributed by atoms with Crippen molar-refractivity contribution in [1.82, 2.24) is 0 Å². The summed E-state index contributed by atoms with van der Waals surface area (Å²) >= 11 is 0. The van der Waals surface area contributed by atoms with Crippen molar-refractivity contribution < 1.29 is 0 Å². The molecule has 66 valence electrons. The molecular weight excluding hydrogens is 134 g/mol. The van der Waals surface area contributed by atoms with E-state index in [9.17, 15) is 0 Å². The molecule has 0 aliphatic heterocycles. The van der Waals surface area contributed by atoms with Gasteiger partial charge < -0.3 is 5.73 Å². The Hall–Kier alpha value is -0.0400. The number of rotatable bonds is 3. The zero-order valence-electron chi connectivity index (χ0n) is 8.22. The van der Waals surface area contributed by atoms with Crippen LogP contribution in [0, 0.1) is 17.3 Å². The van der Waals surface area contributed by atoms with E-state index in [0.717, 1.165) is 11.8 Å². The van der Waals surface area contributed by atoms with Gasteiger partial charge in [0.2, 0.25) is 0 Å². The van der Waals surface area contributed by atoms with Crippen LogP contribution in [0.5, 0.6) is 0 Å². The van der Waals surface area contributed by atoms with E-state index >= 15 is 0 Å². The minimum Gasteiger partial charge on any atom is -0.327 e. The molecule has 0 saturated heterocycles. The molecule has 0 heterocycles. The second-order valence-corrected chi connectivity index (χ2v) is 4.45. The van der Waals surface area contributed by atoms with Crippen molar-refractivity contribution in [3.8, 4) is 0 Å². The van der Waals surface area contributed by atoms with E-state index in [1.165, 1.54) is 12.8 Å². The molecule has 1 fully saturated rings. The molecule has 0 aromatic carbocycles. The second-order valence-electron chi connectivity index (χ2n) is 4.45. The molecular formula is C10H21N. The lowest BCUT2D eigenvalue weighted by molar-refractivity contribution is 0.371. The Labute approximate surface area is 70.4 Å². The van der Waals surface area contributed by atoms with Crippen molar-refractivity contribution in [2.24, 2.45) is 23.0 Å². The maximum atomic E-state index is 6.00. The Balaban J connectivity index is 2.51. The fraction of sp³-hybridized carbons (Fsp3) is 1.00. The highest BCUT2D eigenvalue weighted by Gasteiger charge is 2.57. The van der Waals surface area contributed by atoms with Gasteiger partial charge in [-0.2, -0.15) is 0 Å². The smallest absolute Gasteiger partial charge is 0.0130 e. The van der Waals surface area contributed by atoms with E-state index in [1.807, 2.05) is 0 Å². The summed E-state index contributed by atoms with van der Waals surface area (Å²) in [5.41, 5.74) is 6.42. The molecule has 2 atom stereocenters. The fourth-order valence-electron chi connectivity index (χ4n) is 2.42. The molecule has 1 nitrogen and oxygen atoms in total. The zero-order chi connectivity index (χ0) is 8.65. The van der Waals surface area contributed by atoms with Crippen molar-refractivity contribution in [2.75, 3.05) is 0 Å². The highest BCUT2D eigenvalue weighted by molar-refractivity contribution is 5.10. The molecule has 0 amide bonds. The van der Waals surface area contributed by atoms with Crippen LogP contribution in [-0.4, -0.2) is 6.04 Å². The van der Waals surface area contributed by atoms with E-state index in [-0.39, 0.29) is 0 Å². The standard InChI is InChI=1S/C10H21N/c1-5-7(6-2)8-9(11)10(8,3)4/h7-9H,5-6,11H2,1-4H3/t8-,9-/m1/s1. The molecule has 1 heteroatoms. The Morgan fingerprint density at radius 1 is 1.27 bits per heavy atom. The van der Waals surface area contributed by atoms with Gasteiger partial charge >= 0.3 is 0 Å². The van der Waals surface area contributed by atoms with E-state index in [2.05, 4.69) is 27.7 Å². The van der Waals surface area contributed by atoms with Crippen LogP contribution >= 0.6 is 0 Å². The van der Waals surface area contributed by atoms with Crippen molar-refractivity contribution in [3.63, 3.8) is 0 Å². The molecule has 11 heavy (non-hydrogen) atoms. The van der Waals surface area contributed by atoms with Crippen molar-refractivity contribution in [1.29, 1.82) is 0 Å². The van der Waals surface area contributed by atoms with Gasteiger partial charge in [0.1, 0.15) is 0 Å². The minimum atomic E-state index is 0.427. The molecule has 1 saturated carbocycles. The van der Waals surface area contributed by atoms with Gasteiger partial charge in [-0.25, -0.2) is 0 Å². The SMILES string of the molecule is CCC(CC)[C@@H]1[C@@H](N)C1(C)C. The lowest BCUT2D eigenvalue weighted by Gasteiger charge is -2.12. The van der Waals surface area contributed by atoms with Gasteiger partial charge in [0.15, 0.2) is 0 Å². The van der Waals surface area contributed by atoms with Crippen LogP contribution in [0.15, 0.2) is 0 Å². The molecule has 1 rings (SSSR count). The lowest BCUT2D eigenvalue weighted by atomic mass is 9.93. The van der Waals surface area contributed by atoms with Gasteiger partial charge in [0.25, 0.3) is 0 Å². The van der Waals surface area contributed by atoms with Crippen LogP contribution < -0.4 is 5.73 Å². The van der Waals surface area contributed by atoms with Gasteiger partial charge in [0, 0.05) is 6.04 Å². The highest BCUT2D eigenvalue weighted by Crippen LogP contribution is 2.55. The molecule has 0 unspecified atom stereocenters. The van der Waals surface area contributed by atoms with E-state index < -0.39 is 0 Å². The first-order chi connectivity index (χ1) is 5.05. The Bertz CT molecular complexity index is 136. The number of nitrogens with two attached hydrogens (primary N) is 1. The molecule has 0 spiro atoms. The third kappa shape index (κ3) is 1.31. The zero-order valence-corrected chi connectivity index (χ0v) is 8.22. The molecule has 0 radical (unpaired) electrons. The Morgan fingerprint density at radius 2 is 1.64 bits per heavy atom. The van der Waals surface area contributed by atoms with Crippen molar-refractivity contribution in [3.05, 3.63) is 0 Å². The summed E-state index contributed by atoms with van der Waals surface area (Å²) < 4.78 is 0. The van der Waals surface area contributed by atoms with Crippen LogP contribution in [0.1, 0.15) is 40.5 Å². The van der Waals surface area contributed by atoms with E-state index in [1.54, 1.807) is 0 Å². The van der Waals surface area contributed by atoms with Gasteiger partial charge in [-0.05, 0) is 17.3 Å². The summed E-state index contributed by atoms with van der Waals surface area (Å²) in [4.78, 5) is 0. The highest BCUT2D eigenvalue weighted by atomic mass is 14.8. The summed E-state index contributed by atoms with van der Waals surface area (Å²) in [6.07, 6.45) is 2.58. The van der Waals surface area contributed by atoms with E-state index in [4.69, 9.17) is 5.73 Å². The van der Waals surface area contributed by atoms with Gasteiger partial charge in [0.05, 0.1) is 0 Å². The van der Waals surface area contributed by atoms with Gasteiger partial charge in [-0.3, -0.25) is 0 Å². The monoisotopic (exact) mass is 155 g/mol. The maximum absolute atomic E-state index is 6.00. The summed E-state index contributed by atoms with van der Waals surface area (Å²) in [5.74, 6) is 1.65. The first kappa shape index (κ1) is 9.05. The van der Waals surface area contributed by atoms with Crippen molar-refractivity contribution in [2.45, 2.75) is 46.6 Å². The van der Waals surface area contributed by atoms with Crippen LogP contribution in [0.25, 0.3) is 0 Å². The van der Waals surface area contributed by atoms with Crippen LogP contribution in [0.3, 0.4) is 0 Å².